The van der Waals surface area contributed by atoms with E-state index >= 15 is 0 Å². The number of fused-ring (bicyclic) bond motifs is 1. The van der Waals surface area contributed by atoms with Gasteiger partial charge in [-0.3, -0.25) is 9.69 Å². The number of amides is 1. The second-order valence-corrected chi connectivity index (χ2v) is 7.65. The first-order chi connectivity index (χ1) is 12.5. The van der Waals surface area contributed by atoms with Gasteiger partial charge in [-0.2, -0.15) is 0 Å². The van der Waals surface area contributed by atoms with Crippen molar-refractivity contribution in [1.29, 1.82) is 0 Å². The van der Waals surface area contributed by atoms with Crippen LogP contribution in [0.3, 0.4) is 0 Å². The average Bonchev–Trinajstić information content (AvgIpc) is 3.31. The van der Waals surface area contributed by atoms with Crippen molar-refractivity contribution in [3.8, 4) is 0 Å². The van der Waals surface area contributed by atoms with Crippen molar-refractivity contribution in [3.05, 3.63) is 28.7 Å². The third-order valence-electron chi connectivity index (χ3n) is 5.54. The van der Waals surface area contributed by atoms with E-state index in [-0.39, 0.29) is 11.8 Å². The van der Waals surface area contributed by atoms with E-state index in [2.05, 4.69) is 31.9 Å². The minimum absolute atomic E-state index is 0.0266. The average molecular weight is 358 g/mol. The van der Waals surface area contributed by atoms with Crippen molar-refractivity contribution < 1.29 is 9.32 Å². The monoisotopic (exact) mass is 358 g/mol. The number of carbonyl (C=O) groups is 1. The number of hydrogen-bond donors (Lipinski definition) is 0. The van der Waals surface area contributed by atoms with Crippen LogP contribution in [0.25, 0.3) is 0 Å². The van der Waals surface area contributed by atoms with Gasteiger partial charge < -0.3 is 14.0 Å². The Morgan fingerprint density at radius 3 is 2.73 bits per heavy atom. The quantitative estimate of drug-likeness (QED) is 0.836. The fraction of sp³-hybridized carbons (Fsp3) is 0.667. The fourth-order valence-corrected chi connectivity index (χ4v) is 4.04. The van der Waals surface area contributed by atoms with E-state index in [1.54, 1.807) is 6.92 Å². The standard InChI is InChI=1S/C18H26N6O2/c1-11(2)16-15(12(3)26-21-16)18(25)23-8-9-24-14(10-23)19-20-17(24)13-6-5-7-22(13)4/h11,13H,5-10H2,1-4H3/t13-/m1/s1. The van der Waals surface area contributed by atoms with Crippen molar-refractivity contribution in [1.82, 2.24) is 29.7 Å². The van der Waals surface area contributed by atoms with E-state index in [0.29, 0.717) is 30.5 Å². The van der Waals surface area contributed by atoms with Gasteiger partial charge in [-0.1, -0.05) is 19.0 Å². The highest BCUT2D eigenvalue weighted by molar-refractivity contribution is 5.96. The lowest BCUT2D eigenvalue weighted by Crippen LogP contribution is -2.39. The van der Waals surface area contributed by atoms with E-state index in [1.807, 2.05) is 18.7 Å². The number of aromatic nitrogens is 4. The van der Waals surface area contributed by atoms with Crippen LogP contribution in [0, 0.1) is 6.92 Å². The molecule has 1 atom stereocenters. The van der Waals surface area contributed by atoms with E-state index < -0.39 is 0 Å². The molecular weight excluding hydrogens is 332 g/mol. The molecule has 8 heteroatoms. The summed E-state index contributed by atoms with van der Waals surface area (Å²) in [7, 11) is 2.14. The molecule has 1 fully saturated rings. The molecule has 8 nitrogen and oxygen atoms in total. The topological polar surface area (TPSA) is 80.3 Å². The number of rotatable bonds is 3. The summed E-state index contributed by atoms with van der Waals surface area (Å²) in [5.74, 6) is 2.60. The number of carbonyl (C=O) groups excluding carboxylic acids is 1. The van der Waals surface area contributed by atoms with Crippen molar-refractivity contribution in [2.45, 2.75) is 58.7 Å². The number of likely N-dealkylation sites (tertiary alicyclic amines) is 1. The third kappa shape index (κ3) is 2.72. The Labute approximate surface area is 153 Å². The Morgan fingerprint density at radius 2 is 2.04 bits per heavy atom. The molecule has 0 saturated carbocycles. The SMILES string of the molecule is Cc1onc(C(C)C)c1C(=O)N1CCn2c(nnc2[C@H]2CCCN2C)C1. The van der Waals surface area contributed by atoms with Gasteiger partial charge in [0.25, 0.3) is 5.91 Å². The molecule has 0 aliphatic carbocycles. The zero-order valence-corrected chi connectivity index (χ0v) is 15.9. The van der Waals surface area contributed by atoms with Gasteiger partial charge >= 0.3 is 0 Å². The predicted octanol–water partition coefficient (Wildman–Crippen LogP) is 2.12. The van der Waals surface area contributed by atoms with Gasteiger partial charge in [-0.25, -0.2) is 0 Å². The molecule has 1 saturated heterocycles. The van der Waals surface area contributed by atoms with E-state index in [1.165, 1.54) is 6.42 Å². The van der Waals surface area contributed by atoms with Crippen LogP contribution < -0.4 is 0 Å². The maximum absolute atomic E-state index is 13.1. The van der Waals surface area contributed by atoms with Gasteiger partial charge in [0.1, 0.15) is 11.3 Å². The van der Waals surface area contributed by atoms with E-state index in [0.717, 1.165) is 36.9 Å². The van der Waals surface area contributed by atoms with Gasteiger partial charge in [0.2, 0.25) is 0 Å². The molecule has 0 N–H and O–H groups in total. The van der Waals surface area contributed by atoms with E-state index in [4.69, 9.17) is 4.52 Å². The molecule has 0 unspecified atom stereocenters. The fourth-order valence-electron chi connectivity index (χ4n) is 4.04. The molecule has 4 heterocycles. The molecule has 140 valence electrons. The number of aryl methyl sites for hydroxylation is 1. The molecule has 2 aromatic rings. The lowest BCUT2D eigenvalue weighted by atomic mass is 10.0. The summed E-state index contributed by atoms with van der Waals surface area (Å²) < 4.78 is 7.48. The first kappa shape index (κ1) is 17.2. The molecule has 2 aromatic heterocycles. The zero-order chi connectivity index (χ0) is 18.4. The van der Waals surface area contributed by atoms with Gasteiger partial charge in [0.05, 0.1) is 18.3 Å². The highest BCUT2D eigenvalue weighted by Gasteiger charge is 2.33. The molecular formula is C18H26N6O2. The molecule has 0 radical (unpaired) electrons. The lowest BCUT2D eigenvalue weighted by Gasteiger charge is -2.29. The second kappa shape index (κ2) is 6.50. The van der Waals surface area contributed by atoms with Crippen LogP contribution in [0.15, 0.2) is 4.52 Å². The van der Waals surface area contributed by atoms with Gasteiger partial charge in [0.15, 0.2) is 11.6 Å². The van der Waals surface area contributed by atoms with Crippen LogP contribution in [-0.4, -0.2) is 55.8 Å². The van der Waals surface area contributed by atoms with Crippen LogP contribution in [0.2, 0.25) is 0 Å². The van der Waals surface area contributed by atoms with Crippen molar-refractivity contribution >= 4 is 5.91 Å². The minimum atomic E-state index is -0.0266. The number of nitrogens with zero attached hydrogens (tertiary/aromatic N) is 6. The van der Waals surface area contributed by atoms with Gasteiger partial charge in [0, 0.05) is 13.1 Å². The Balaban J connectivity index is 1.57. The Morgan fingerprint density at radius 1 is 1.23 bits per heavy atom. The van der Waals surface area contributed by atoms with Gasteiger partial charge in [-0.05, 0) is 39.3 Å². The molecule has 0 spiro atoms. The van der Waals surface area contributed by atoms with Crippen molar-refractivity contribution in [2.24, 2.45) is 0 Å². The largest absolute Gasteiger partial charge is 0.361 e. The second-order valence-electron chi connectivity index (χ2n) is 7.65. The van der Waals surface area contributed by atoms with Crippen LogP contribution in [0.4, 0.5) is 0 Å². The molecule has 1 amide bonds. The maximum atomic E-state index is 13.1. The normalized spacial score (nSPS) is 20.8. The highest BCUT2D eigenvalue weighted by Crippen LogP contribution is 2.31. The Bertz CT molecular complexity index is 824. The van der Waals surface area contributed by atoms with E-state index in [9.17, 15) is 4.79 Å². The molecule has 26 heavy (non-hydrogen) atoms. The molecule has 4 rings (SSSR count). The zero-order valence-electron chi connectivity index (χ0n) is 15.9. The molecule has 2 aliphatic heterocycles. The first-order valence-corrected chi connectivity index (χ1v) is 9.35. The van der Waals surface area contributed by atoms with Crippen LogP contribution in [0.1, 0.15) is 72.1 Å². The lowest BCUT2D eigenvalue weighted by molar-refractivity contribution is 0.0702. The highest BCUT2D eigenvalue weighted by atomic mass is 16.5. The smallest absolute Gasteiger partial charge is 0.259 e. The van der Waals surface area contributed by atoms with Gasteiger partial charge in [-0.15, -0.1) is 10.2 Å². The Hall–Kier alpha value is -2.22. The maximum Gasteiger partial charge on any atom is 0.259 e. The van der Waals surface area contributed by atoms with Crippen LogP contribution in [0.5, 0.6) is 0 Å². The summed E-state index contributed by atoms with van der Waals surface area (Å²) in [6.45, 7) is 8.79. The summed E-state index contributed by atoms with van der Waals surface area (Å²) in [4.78, 5) is 17.3. The summed E-state index contributed by atoms with van der Waals surface area (Å²) in [5, 5.41) is 12.9. The Kier molecular flexibility index (Phi) is 4.30. The first-order valence-electron chi connectivity index (χ1n) is 9.35. The minimum Gasteiger partial charge on any atom is -0.361 e. The molecule has 0 aromatic carbocycles. The van der Waals surface area contributed by atoms with Crippen molar-refractivity contribution in [3.63, 3.8) is 0 Å². The van der Waals surface area contributed by atoms with Crippen LogP contribution >= 0.6 is 0 Å². The molecule has 2 aliphatic rings. The summed E-state index contributed by atoms with van der Waals surface area (Å²) in [6.07, 6.45) is 2.31. The van der Waals surface area contributed by atoms with Crippen molar-refractivity contribution in [2.75, 3.05) is 20.1 Å². The third-order valence-corrected chi connectivity index (χ3v) is 5.54. The summed E-state index contributed by atoms with van der Waals surface area (Å²) in [5.41, 5.74) is 1.33. The predicted molar refractivity (Wildman–Crippen MR) is 94.7 cm³/mol. The molecule has 0 bridgehead atoms. The summed E-state index contributed by atoms with van der Waals surface area (Å²) in [6, 6.07) is 0.339. The summed E-state index contributed by atoms with van der Waals surface area (Å²) >= 11 is 0. The number of hydrogen-bond acceptors (Lipinski definition) is 6. The van der Waals surface area contributed by atoms with Crippen LogP contribution in [-0.2, 0) is 13.1 Å².